The number of imide groups is 1. The smallest absolute Gasteiger partial charge is 0.361 e. The first-order chi connectivity index (χ1) is 13.8. The first kappa shape index (κ1) is 17.3. The zero-order valence-corrected chi connectivity index (χ0v) is 14.6. The van der Waals surface area contributed by atoms with Crippen molar-refractivity contribution in [3.63, 3.8) is 0 Å². The molecule has 0 unspecified atom stereocenters. The third kappa shape index (κ3) is 2.56. The Morgan fingerprint density at radius 2 is 1.31 bits per heavy atom. The van der Waals surface area contributed by atoms with Gasteiger partial charge in [-0.2, -0.15) is 13.2 Å². The number of hydrogen-bond acceptors (Lipinski definition) is 2. The Hall–Kier alpha value is -3.81. The minimum Gasteiger partial charge on any atom is -0.361 e. The van der Waals surface area contributed by atoms with Crippen molar-refractivity contribution in [2.75, 3.05) is 0 Å². The number of rotatable bonds is 2. The Morgan fingerprint density at radius 1 is 0.724 bits per heavy atom. The number of amides is 2. The minimum absolute atomic E-state index is 0.130. The Morgan fingerprint density at radius 3 is 1.97 bits per heavy atom. The number of aromatic nitrogens is 2. The van der Waals surface area contributed by atoms with Crippen LogP contribution in [0.3, 0.4) is 0 Å². The third-order valence-electron chi connectivity index (χ3n) is 5.07. The molecule has 0 saturated heterocycles. The molecule has 144 valence electrons. The van der Waals surface area contributed by atoms with Gasteiger partial charge in [0.25, 0.3) is 11.8 Å². The molecule has 0 spiro atoms. The summed E-state index contributed by atoms with van der Waals surface area (Å²) in [6, 6.07) is 10.6. The molecule has 5 rings (SSSR count). The summed E-state index contributed by atoms with van der Waals surface area (Å²) in [6.45, 7) is 0. The molecule has 4 aromatic rings. The number of fused-ring (bicyclic) bond motifs is 2. The van der Waals surface area contributed by atoms with E-state index in [9.17, 15) is 22.8 Å². The maximum Gasteiger partial charge on any atom is 0.416 e. The molecule has 29 heavy (non-hydrogen) atoms. The highest BCUT2D eigenvalue weighted by Gasteiger charge is 2.35. The van der Waals surface area contributed by atoms with Crippen LogP contribution < -0.4 is 5.32 Å². The van der Waals surface area contributed by atoms with Crippen LogP contribution in [0.15, 0.2) is 54.9 Å². The fourth-order valence-corrected chi connectivity index (χ4v) is 3.76. The van der Waals surface area contributed by atoms with Crippen molar-refractivity contribution in [3.8, 4) is 0 Å². The van der Waals surface area contributed by atoms with Crippen LogP contribution in [0.4, 0.5) is 13.2 Å². The summed E-state index contributed by atoms with van der Waals surface area (Å²) in [4.78, 5) is 31.0. The molecule has 5 nitrogen and oxygen atoms in total. The summed E-state index contributed by atoms with van der Waals surface area (Å²) in [5.74, 6) is -1.13. The number of carbonyl (C=O) groups excluding carboxylic acids is 2. The lowest BCUT2D eigenvalue weighted by atomic mass is 9.95. The molecule has 0 atom stereocenters. The first-order valence-electron chi connectivity index (χ1n) is 8.70. The summed E-state index contributed by atoms with van der Waals surface area (Å²) in [5.41, 5.74) is 1.48. The summed E-state index contributed by atoms with van der Waals surface area (Å²) in [5, 5.41) is 3.49. The van der Waals surface area contributed by atoms with Crippen LogP contribution in [0.2, 0.25) is 0 Å². The molecule has 3 heterocycles. The monoisotopic (exact) mass is 395 g/mol. The van der Waals surface area contributed by atoms with Crippen molar-refractivity contribution in [3.05, 3.63) is 71.5 Å². The number of aromatic amines is 2. The molecule has 0 radical (unpaired) electrons. The second-order valence-corrected chi connectivity index (χ2v) is 6.74. The maximum atomic E-state index is 13.0. The van der Waals surface area contributed by atoms with Crippen LogP contribution in [0, 0.1) is 0 Å². The van der Waals surface area contributed by atoms with Gasteiger partial charge in [0.05, 0.1) is 16.7 Å². The lowest BCUT2D eigenvalue weighted by molar-refractivity contribution is -0.137. The number of alkyl halides is 3. The van der Waals surface area contributed by atoms with E-state index in [0.29, 0.717) is 16.5 Å². The van der Waals surface area contributed by atoms with E-state index >= 15 is 0 Å². The topological polar surface area (TPSA) is 77.8 Å². The molecule has 0 fully saturated rings. The molecule has 0 bridgehead atoms. The molecule has 2 aromatic carbocycles. The van der Waals surface area contributed by atoms with E-state index in [0.717, 1.165) is 23.0 Å². The van der Waals surface area contributed by atoms with Crippen molar-refractivity contribution in [1.29, 1.82) is 0 Å². The summed E-state index contributed by atoms with van der Waals surface area (Å²) in [6.07, 6.45) is -1.38. The van der Waals surface area contributed by atoms with Gasteiger partial charge in [-0.25, -0.2) is 0 Å². The quantitative estimate of drug-likeness (QED) is 0.444. The van der Waals surface area contributed by atoms with Crippen molar-refractivity contribution in [1.82, 2.24) is 15.3 Å². The highest BCUT2D eigenvalue weighted by Crippen LogP contribution is 2.38. The van der Waals surface area contributed by atoms with Gasteiger partial charge in [-0.05, 0) is 18.2 Å². The number of halogens is 3. The number of carbonyl (C=O) groups is 2. The Labute approximate surface area is 161 Å². The highest BCUT2D eigenvalue weighted by atomic mass is 19.4. The Kier molecular flexibility index (Phi) is 3.48. The van der Waals surface area contributed by atoms with E-state index < -0.39 is 23.6 Å². The highest BCUT2D eigenvalue weighted by molar-refractivity contribution is 6.50. The molecular weight excluding hydrogens is 383 g/mol. The van der Waals surface area contributed by atoms with Crippen molar-refractivity contribution < 1.29 is 22.8 Å². The molecular formula is C21H12F3N3O2. The number of nitrogens with one attached hydrogen (secondary N) is 3. The van der Waals surface area contributed by atoms with Gasteiger partial charge in [-0.15, -0.1) is 0 Å². The van der Waals surface area contributed by atoms with Gasteiger partial charge in [0, 0.05) is 45.3 Å². The molecule has 1 aliphatic rings. The van der Waals surface area contributed by atoms with Crippen molar-refractivity contribution in [2.24, 2.45) is 0 Å². The average Bonchev–Trinajstić information content (AvgIpc) is 3.35. The number of hydrogen-bond donors (Lipinski definition) is 3. The normalized spacial score (nSPS) is 15.0. The lowest BCUT2D eigenvalue weighted by Crippen LogP contribution is -2.22. The van der Waals surface area contributed by atoms with E-state index in [1.54, 1.807) is 6.20 Å². The Balaban J connectivity index is 1.76. The van der Waals surface area contributed by atoms with Gasteiger partial charge >= 0.3 is 6.18 Å². The second kappa shape index (κ2) is 5.84. The largest absolute Gasteiger partial charge is 0.416 e. The van der Waals surface area contributed by atoms with Crippen molar-refractivity contribution in [2.45, 2.75) is 6.18 Å². The van der Waals surface area contributed by atoms with E-state index in [1.165, 1.54) is 12.3 Å². The number of benzene rings is 2. The van der Waals surface area contributed by atoms with Crippen LogP contribution >= 0.6 is 0 Å². The molecule has 3 N–H and O–H groups in total. The van der Waals surface area contributed by atoms with E-state index in [4.69, 9.17) is 0 Å². The third-order valence-corrected chi connectivity index (χ3v) is 5.07. The zero-order valence-electron chi connectivity index (χ0n) is 14.6. The van der Waals surface area contributed by atoms with Crippen LogP contribution in [-0.2, 0) is 15.8 Å². The summed E-state index contributed by atoms with van der Waals surface area (Å²) in [7, 11) is 0. The summed E-state index contributed by atoms with van der Waals surface area (Å²) < 4.78 is 39.0. The zero-order chi connectivity index (χ0) is 20.3. The van der Waals surface area contributed by atoms with Crippen LogP contribution in [0.25, 0.3) is 33.0 Å². The molecule has 8 heteroatoms. The fraction of sp³-hybridized carbons (Fsp3) is 0.0476. The van der Waals surface area contributed by atoms with Gasteiger partial charge in [0.2, 0.25) is 0 Å². The van der Waals surface area contributed by atoms with Crippen molar-refractivity contribution >= 4 is 44.8 Å². The van der Waals surface area contributed by atoms with Crippen LogP contribution in [0.5, 0.6) is 0 Å². The number of para-hydroxylation sites is 1. The second-order valence-electron chi connectivity index (χ2n) is 6.74. The van der Waals surface area contributed by atoms with Gasteiger partial charge in [0.15, 0.2) is 0 Å². The van der Waals surface area contributed by atoms with Crippen LogP contribution in [0.1, 0.15) is 16.7 Å². The molecule has 0 aliphatic carbocycles. The molecule has 2 aromatic heterocycles. The number of H-pyrrole nitrogens is 2. The van der Waals surface area contributed by atoms with Gasteiger partial charge in [-0.3, -0.25) is 14.9 Å². The predicted molar refractivity (Wildman–Crippen MR) is 102 cm³/mol. The van der Waals surface area contributed by atoms with E-state index in [2.05, 4.69) is 15.3 Å². The van der Waals surface area contributed by atoms with Gasteiger partial charge < -0.3 is 9.97 Å². The molecule has 2 amide bonds. The maximum absolute atomic E-state index is 13.0. The lowest BCUT2D eigenvalue weighted by Gasteiger charge is -2.07. The first-order valence-corrected chi connectivity index (χ1v) is 8.70. The van der Waals surface area contributed by atoms with E-state index in [1.807, 2.05) is 24.3 Å². The molecule has 1 aliphatic heterocycles. The predicted octanol–water partition coefficient (Wildman–Crippen LogP) is 4.24. The minimum atomic E-state index is -4.48. The molecule has 0 saturated carbocycles. The SMILES string of the molecule is O=C1NC(=O)C(c2c[nH]c3cc(C(F)(F)F)ccc23)=C1c1c[nH]c2ccccc12. The van der Waals surface area contributed by atoms with E-state index in [-0.39, 0.29) is 16.7 Å². The summed E-state index contributed by atoms with van der Waals surface area (Å²) >= 11 is 0. The van der Waals surface area contributed by atoms with Gasteiger partial charge in [-0.1, -0.05) is 24.3 Å². The standard InChI is InChI=1S/C21H12F3N3O2/c22-21(23,24)10-5-6-12-14(9-26-16(12)7-10)18-17(19(28)27-20(18)29)13-8-25-15-4-2-1-3-11(13)15/h1-9,25-26H,(H,27,28,29). The fourth-order valence-electron chi connectivity index (χ4n) is 3.76. The van der Waals surface area contributed by atoms with Crippen LogP contribution in [-0.4, -0.2) is 21.8 Å². The van der Waals surface area contributed by atoms with Gasteiger partial charge in [0.1, 0.15) is 0 Å². The Bertz CT molecular complexity index is 1360. The average molecular weight is 395 g/mol.